The summed E-state index contributed by atoms with van der Waals surface area (Å²) in [7, 11) is 0. The van der Waals surface area contributed by atoms with Crippen LogP contribution in [-0.2, 0) is 4.79 Å². The first-order valence-electron chi connectivity index (χ1n) is 7.38. The second-order valence-electron chi connectivity index (χ2n) is 5.64. The van der Waals surface area contributed by atoms with Crippen molar-refractivity contribution in [1.82, 2.24) is 5.32 Å². The molecule has 2 unspecified atom stereocenters. The maximum Gasteiger partial charge on any atom is 0.223 e. The van der Waals surface area contributed by atoms with Crippen LogP contribution in [0, 0.1) is 11.8 Å². The van der Waals surface area contributed by atoms with Gasteiger partial charge in [-0.1, -0.05) is 47.0 Å². The Morgan fingerprint density at radius 1 is 1.40 bits per heavy atom. The molecule has 0 aliphatic heterocycles. The van der Waals surface area contributed by atoms with E-state index in [1.807, 2.05) is 31.2 Å². The zero-order valence-electron chi connectivity index (χ0n) is 11.9. The van der Waals surface area contributed by atoms with Gasteiger partial charge in [-0.15, -0.1) is 0 Å². The second kappa shape index (κ2) is 7.23. The first kappa shape index (κ1) is 15.5. The van der Waals surface area contributed by atoms with Gasteiger partial charge in [-0.25, -0.2) is 0 Å². The van der Waals surface area contributed by atoms with E-state index in [1.165, 1.54) is 6.42 Å². The molecule has 0 aromatic heterocycles. The predicted octanol–water partition coefficient (Wildman–Crippen LogP) is 3.39. The fourth-order valence-corrected chi connectivity index (χ4v) is 3.69. The molecule has 0 bridgehead atoms. The molecule has 3 atom stereocenters. The smallest absolute Gasteiger partial charge is 0.223 e. The third-order valence-corrected chi connectivity index (χ3v) is 5.00. The van der Waals surface area contributed by atoms with Gasteiger partial charge < -0.3 is 11.1 Å². The Labute approximate surface area is 129 Å². The molecule has 1 amide bonds. The van der Waals surface area contributed by atoms with Gasteiger partial charge in [0.05, 0.1) is 6.04 Å². The number of carbonyl (C=O) groups is 1. The Hall–Kier alpha value is -0.870. The van der Waals surface area contributed by atoms with Gasteiger partial charge >= 0.3 is 0 Å². The first-order chi connectivity index (χ1) is 9.63. The van der Waals surface area contributed by atoms with E-state index in [2.05, 4.69) is 21.2 Å². The summed E-state index contributed by atoms with van der Waals surface area (Å²) in [6.07, 6.45) is 4.39. The van der Waals surface area contributed by atoms with Gasteiger partial charge in [0, 0.05) is 10.4 Å². The molecule has 0 spiro atoms. The first-order valence-corrected chi connectivity index (χ1v) is 8.17. The zero-order chi connectivity index (χ0) is 14.5. The van der Waals surface area contributed by atoms with Gasteiger partial charge in [-0.3, -0.25) is 4.79 Å². The minimum atomic E-state index is 0.0124. The summed E-state index contributed by atoms with van der Waals surface area (Å²) in [5.41, 5.74) is 6.92. The van der Waals surface area contributed by atoms with Crippen molar-refractivity contribution in [1.29, 1.82) is 0 Å². The van der Waals surface area contributed by atoms with Gasteiger partial charge in [0.15, 0.2) is 0 Å². The number of benzene rings is 1. The summed E-state index contributed by atoms with van der Waals surface area (Å²) in [5, 5.41) is 3.15. The third-order valence-electron chi connectivity index (χ3n) is 4.28. The SMILES string of the molecule is C[C@@H](NC(=O)C1CCCCC1CN)c1ccccc1Br. The Bertz CT molecular complexity index is 464. The van der Waals surface area contributed by atoms with E-state index in [4.69, 9.17) is 5.73 Å². The Kier molecular flexibility index (Phi) is 5.61. The van der Waals surface area contributed by atoms with Crippen molar-refractivity contribution in [3.05, 3.63) is 34.3 Å². The number of nitrogens with one attached hydrogen (secondary N) is 1. The molecule has 2 rings (SSSR count). The summed E-state index contributed by atoms with van der Waals surface area (Å²) in [5.74, 6) is 0.581. The van der Waals surface area contributed by atoms with Crippen LogP contribution in [-0.4, -0.2) is 12.5 Å². The topological polar surface area (TPSA) is 55.1 Å². The third kappa shape index (κ3) is 3.61. The lowest BCUT2D eigenvalue weighted by Crippen LogP contribution is -2.40. The number of amides is 1. The van der Waals surface area contributed by atoms with E-state index >= 15 is 0 Å². The molecule has 110 valence electrons. The monoisotopic (exact) mass is 338 g/mol. The fourth-order valence-electron chi connectivity index (χ4n) is 3.06. The minimum absolute atomic E-state index is 0.0124. The van der Waals surface area contributed by atoms with Crippen LogP contribution >= 0.6 is 15.9 Å². The minimum Gasteiger partial charge on any atom is -0.349 e. The highest BCUT2D eigenvalue weighted by atomic mass is 79.9. The fraction of sp³-hybridized carbons (Fsp3) is 0.562. The predicted molar refractivity (Wildman–Crippen MR) is 85.2 cm³/mol. The molecule has 1 aliphatic rings. The summed E-state index contributed by atoms with van der Waals surface area (Å²) >= 11 is 3.54. The molecular weight excluding hydrogens is 316 g/mol. The van der Waals surface area contributed by atoms with Crippen molar-refractivity contribution >= 4 is 21.8 Å². The van der Waals surface area contributed by atoms with E-state index in [0.717, 1.165) is 29.3 Å². The standard InChI is InChI=1S/C16H23BrN2O/c1-11(13-7-4-5-9-15(13)17)19-16(20)14-8-3-2-6-12(14)10-18/h4-5,7,9,11-12,14H,2-3,6,8,10,18H2,1H3,(H,19,20)/t11-,12?,14?/m1/s1. The highest BCUT2D eigenvalue weighted by Crippen LogP contribution is 2.30. The normalized spacial score (nSPS) is 24.1. The van der Waals surface area contributed by atoms with Gasteiger partial charge in [-0.05, 0) is 43.9 Å². The second-order valence-corrected chi connectivity index (χ2v) is 6.49. The zero-order valence-corrected chi connectivity index (χ0v) is 13.5. The summed E-state index contributed by atoms with van der Waals surface area (Å²) in [4.78, 5) is 12.5. The van der Waals surface area contributed by atoms with Crippen LogP contribution in [0.5, 0.6) is 0 Å². The number of hydrogen-bond donors (Lipinski definition) is 2. The summed E-state index contributed by atoms with van der Waals surface area (Å²) in [6.45, 7) is 2.64. The van der Waals surface area contributed by atoms with E-state index < -0.39 is 0 Å². The van der Waals surface area contributed by atoms with E-state index in [1.54, 1.807) is 0 Å². The van der Waals surface area contributed by atoms with Crippen LogP contribution in [0.15, 0.2) is 28.7 Å². The van der Waals surface area contributed by atoms with Crippen molar-refractivity contribution in [2.75, 3.05) is 6.54 Å². The molecule has 4 heteroatoms. The average Bonchev–Trinajstić information content (AvgIpc) is 2.47. The van der Waals surface area contributed by atoms with Gasteiger partial charge in [0.1, 0.15) is 0 Å². The van der Waals surface area contributed by atoms with Crippen LogP contribution in [0.4, 0.5) is 0 Å². The molecule has 1 fully saturated rings. The van der Waals surface area contributed by atoms with Crippen molar-refractivity contribution in [2.45, 2.75) is 38.6 Å². The van der Waals surface area contributed by atoms with Gasteiger partial charge in [0.25, 0.3) is 0 Å². The summed E-state index contributed by atoms with van der Waals surface area (Å²) in [6, 6.07) is 8.02. The van der Waals surface area contributed by atoms with Crippen LogP contribution in [0.3, 0.4) is 0 Å². The molecule has 1 aromatic carbocycles. The number of nitrogens with two attached hydrogens (primary N) is 1. The molecular formula is C16H23BrN2O. The van der Waals surface area contributed by atoms with Crippen LogP contribution < -0.4 is 11.1 Å². The molecule has 1 aromatic rings. The van der Waals surface area contributed by atoms with E-state index in [-0.39, 0.29) is 17.9 Å². The molecule has 0 radical (unpaired) electrons. The van der Waals surface area contributed by atoms with Crippen molar-refractivity contribution in [3.8, 4) is 0 Å². The Morgan fingerprint density at radius 3 is 2.80 bits per heavy atom. The lowest BCUT2D eigenvalue weighted by atomic mass is 9.78. The maximum atomic E-state index is 12.5. The van der Waals surface area contributed by atoms with Gasteiger partial charge in [-0.2, -0.15) is 0 Å². The number of rotatable bonds is 4. The quantitative estimate of drug-likeness (QED) is 0.883. The van der Waals surface area contributed by atoms with Crippen molar-refractivity contribution in [2.24, 2.45) is 17.6 Å². The summed E-state index contributed by atoms with van der Waals surface area (Å²) < 4.78 is 1.03. The van der Waals surface area contributed by atoms with Crippen LogP contribution in [0.25, 0.3) is 0 Å². The van der Waals surface area contributed by atoms with Gasteiger partial charge in [0.2, 0.25) is 5.91 Å². The molecule has 1 saturated carbocycles. The lowest BCUT2D eigenvalue weighted by molar-refractivity contribution is -0.128. The highest BCUT2D eigenvalue weighted by Gasteiger charge is 2.30. The van der Waals surface area contributed by atoms with Crippen molar-refractivity contribution in [3.63, 3.8) is 0 Å². The molecule has 3 N–H and O–H groups in total. The molecule has 0 heterocycles. The average molecular weight is 339 g/mol. The van der Waals surface area contributed by atoms with E-state index in [0.29, 0.717) is 12.5 Å². The highest BCUT2D eigenvalue weighted by molar-refractivity contribution is 9.10. The molecule has 1 aliphatic carbocycles. The number of hydrogen-bond acceptors (Lipinski definition) is 2. The largest absolute Gasteiger partial charge is 0.349 e. The van der Waals surface area contributed by atoms with Crippen LogP contribution in [0.1, 0.15) is 44.2 Å². The Balaban J connectivity index is 2.02. The molecule has 20 heavy (non-hydrogen) atoms. The van der Waals surface area contributed by atoms with Crippen molar-refractivity contribution < 1.29 is 4.79 Å². The molecule has 0 saturated heterocycles. The lowest BCUT2D eigenvalue weighted by Gasteiger charge is -2.30. The molecule has 3 nitrogen and oxygen atoms in total. The Morgan fingerprint density at radius 2 is 2.10 bits per heavy atom. The van der Waals surface area contributed by atoms with E-state index in [9.17, 15) is 4.79 Å². The maximum absolute atomic E-state index is 12.5. The van der Waals surface area contributed by atoms with Crippen LogP contribution in [0.2, 0.25) is 0 Å². The number of halogens is 1. The number of carbonyl (C=O) groups excluding carboxylic acids is 1.